The van der Waals surface area contributed by atoms with Crippen LogP contribution in [-0.4, -0.2) is 36.1 Å². The summed E-state index contributed by atoms with van der Waals surface area (Å²) in [5, 5.41) is 3.06. The summed E-state index contributed by atoms with van der Waals surface area (Å²) in [6.07, 6.45) is 5.82. The molecule has 1 amide bonds. The molecule has 1 aromatic heterocycles. The smallest absolute Gasteiger partial charge is 0.263 e. The second-order valence-electron chi connectivity index (χ2n) is 8.11. The number of hydrogen-bond donors (Lipinski definition) is 1. The van der Waals surface area contributed by atoms with Crippen LogP contribution in [-0.2, 0) is 17.8 Å². The van der Waals surface area contributed by atoms with E-state index in [4.69, 9.17) is 9.47 Å². The molecule has 7 nitrogen and oxygen atoms in total. The monoisotopic (exact) mass is 446 g/mol. The van der Waals surface area contributed by atoms with Crippen LogP contribution in [0.25, 0.3) is 0 Å². The number of carbonyl (C=O) groups is 1. The highest BCUT2D eigenvalue weighted by Crippen LogP contribution is 2.31. The largest absolute Gasteiger partial charge is 0.497 e. The number of methoxy groups -OCH3 is 1. The number of aromatic nitrogens is 2. The van der Waals surface area contributed by atoms with Crippen LogP contribution in [0.3, 0.4) is 0 Å². The van der Waals surface area contributed by atoms with Gasteiger partial charge in [-0.2, -0.15) is 0 Å². The molecule has 2 aromatic carbocycles. The predicted octanol–water partition coefficient (Wildman–Crippen LogP) is 4.37. The summed E-state index contributed by atoms with van der Waals surface area (Å²) in [4.78, 5) is 23.8. The van der Waals surface area contributed by atoms with Gasteiger partial charge >= 0.3 is 0 Å². The van der Waals surface area contributed by atoms with Gasteiger partial charge in [0.15, 0.2) is 5.82 Å². The Morgan fingerprint density at radius 3 is 2.27 bits per heavy atom. The minimum atomic E-state index is -0.0119. The summed E-state index contributed by atoms with van der Waals surface area (Å²) in [5.41, 5.74) is 2.31. The van der Waals surface area contributed by atoms with Crippen LogP contribution in [0.4, 0.5) is 5.82 Å². The summed E-state index contributed by atoms with van der Waals surface area (Å²) in [5.74, 6) is 2.84. The van der Waals surface area contributed by atoms with Crippen LogP contribution in [0.15, 0.2) is 60.9 Å². The molecule has 1 aliphatic rings. The van der Waals surface area contributed by atoms with Crippen LogP contribution in [0.5, 0.6) is 17.4 Å². The minimum Gasteiger partial charge on any atom is -0.497 e. The molecule has 0 saturated carbocycles. The third-order valence-corrected chi connectivity index (χ3v) is 5.98. The second-order valence-corrected chi connectivity index (χ2v) is 8.11. The molecule has 0 aliphatic carbocycles. The van der Waals surface area contributed by atoms with Crippen LogP contribution in [0.2, 0.25) is 0 Å². The van der Waals surface area contributed by atoms with Gasteiger partial charge < -0.3 is 19.7 Å². The summed E-state index contributed by atoms with van der Waals surface area (Å²) < 4.78 is 11.2. The number of benzene rings is 2. The number of carbonyl (C=O) groups excluding carboxylic acids is 1. The van der Waals surface area contributed by atoms with Crippen molar-refractivity contribution < 1.29 is 14.3 Å². The van der Waals surface area contributed by atoms with E-state index in [0.717, 1.165) is 49.4 Å². The van der Waals surface area contributed by atoms with Crippen molar-refractivity contribution in [1.82, 2.24) is 15.3 Å². The topological polar surface area (TPSA) is 76.6 Å². The third-order valence-electron chi connectivity index (χ3n) is 5.98. The van der Waals surface area contributed by atoms with Crippen molar-refractivity contribution in [2.24, 2.45) is 5.92 Å². The highest BCUT2D eigenvalue weighted by Gasteiger charge is 2.27. The zero-order chi connectivity index (χ0) is 23.0. The van der Waals surface area contributed by atoms with E-state index in [9.17, 15) is 4.79 Å². The molecule has 1 fully saturated rings. The molecule has 3 aromatic rings. The lowest BCUT2D eigenvalue weighted by atomic mass is 9.96. The average Bonchev–Trinajstić information content (AvgIpc) is 2.88. The first-order chi connectivity index (χ1) is 16.2. The molecule has 1 saturated heterocycles. The Labute approximate surface area is 194 Å². The Morgan fingerprint density at radius 1 is 0.970 bits per heavy atom. The Kier molecular flexibility index (Phi) is 7.40. The quantitative estimate of drug-likeness (QED) is 0.554. The van der Waals surface area contributed by atoms with Crippen molar-refractivity contribution in [3.63, 3.8) is 0 Å². The Balaban J connectivity index is 1.32. The molecule has 172 valence electrons. The summed E-state index contributed by atoms with van der Waals surface area (Å²) >= 11 is 0. The molecule has 4 rings (SSSR count). The third kappa shape index (κ3) is 5.80. The number of hydrogen-bond acceptors (Lipinski definition) is 6. The van der Waals surface area contributed by atoms with Crippen molar-refractivity contribution >= 4 is 11.7 Å². The van der Waals surface area contributed by atoms with E-state index in [1.165, 1.54) is 5.56 Å². The van der Waals surface area contributed by atoms with E-state index in [0.29, 0.717) is 18.2 Å². The fraction of sp³-hybridized carbons (Fsp3) is 0.346. The van der Waals surface area contributed by atoms with Gasteiger partial charge in [-0.25, -0.2) is 9.97 Å². The number of rotatable bonds is 8. The van der Waals surface area contributed by atoms with Gasteiger partial charge in [0.05, 0.1) is 7.11 Å². The van der Waals surface area contributed by atoms with Gasteiger partial charge in [-0.05, 0) is 54.7 Å². The maximum atomic E-state index is 12.7. The van der Waals surface area contributed by atoms with E-state index in [2.05, 4.69) is 39.2 Å². The van der Waals surface area contributed by atoms with Crippen LogP contribution >= 0.6 is 0 Å². The van der Waals surface area contributed by atoms with E-state index in [1.54, 1.807) is 19.5 Å². The SMILES string of the molecule is CCc1ccc(Oc2nccnc2N2CCC(C(=O)NCc3ccc(OC)cc3)CC2)cc1. The van der Waals surface area contributed by atoms with E-state index in [1.807, 2.05) is 36.4 Å². The molecule has 1 aliphatic heterocycles. The van der Waals surface area contributed by atoms with Gasteiger partial charge in [0.25, 0.3) is 5.88 Å². The fourth-order valence-electron chi connectivity index (χ4n) is 3.94. The number of nitrogens with zero attached hydrogens (tertiary/aromatic N) is 3. The molecule has 1 N–H and O–H groups in total. The number of aryl methyl sites for hydroxylation is 1. The molecule has 33 heavy (non-hydrogen) atoms. The first-order valence-electron chi connectivity index (χ1n) is 11.4. The lowest BCUT2D eigenvalue weighted by molar-refractivity contribution is -0.125. The maximum Gasteiger partial charge on any atom is 0.263 e. The number of anilines is 1. The van der Waals surface area contributed by atoms with Crippen molar-refractivity contribution in [3.05, 3.63) is 72.1 Å². The Bertz CT molecular complexity index is 1050. The summed E-state index contributed by atoms with van der Waals surface area (Å²) in [7, 11) is 1.64. The van der Waals surface area contributed by atoms with Crippen LogP contribution in [0.1, 0.15) is 30.9 Å². The van der Waals surface area contributed by atoms with Crippen molar-refractivity contribution in [2.45, 2.75) is 32.7 Å². The van der Waals surface area contributed by atoms with Gasteiger partial charge in [0.2, 0.25) is 5.91 Å². The highest BCUT2D eigenvalue weighted by atomic mass is 16.5. The molecule has 2 heterocycles. The Hall–Kier alpha value is -3.61. The molecule has 0 spiro atoms. The van der Waals surface area contributed by atoms with E-state index in [-0.39, 0.29) is 11.8 Å². The number of ether oxygens (including phenoxy) is 2. The summed E-state index contributed by atoms with van der Waals surface area (Å²) in [6.45, 7) is 4.09. The maximum absolute atomic E-state index is 12.7. The molecule has 7 heteroatoms. The van der Waals surface area contributed by atoms with Gasteiger partial charge in [0.1, 0.15) is 11.5 Å². The number of amides is 1. The van der Waals surface area contributed by atoms with Gasteiger partial charge in [-0.3, -0.25) is 4.79 Å². The highest BCUT2D eigenvalue weighted by molar-refractivity contribution is 5.79. The lowest BCUT2D eigenvalue weighted by Crippen LogP contribution is -2.40. The Morgan fingerprint density at radius 2 is 1.61 bits per heavy atom. The molecule has 0 bridgehead atoms. The molecular formula is C26H30N4O3. The van der Waals surface area contributed by atoms with Crippen molar-refractivity contribution in [3.8, 4) is 17.4 Å². The zero-order valence-electron chi connectivity index (χ0n) is 19.2. The molecule has 0 radical (unpaired) electrons. The second kappa shape index (κ2) is 10.8. The minimum absolute atomic E-state index is 0.0119. The predicted molar refractivity (Wildman–Crippen MR) is 128 cm³/mol. The van der Waals surface area contributed by atoms with Gasteiger partial charge in [-0.1, -0.05) is 31.2 Å². The lowest BCUT2D eigenvalue weighted by Gasteiger charge is -2.32. The van der Waals surface area contributed by atoms with Crippen LogP contribution < -0.4 is 19.7 Å². The average molecular weight is 447 g/mol. The number of piperidine rings is 1. The molecule has 0 atom stereocenters. The number of nitrogens with one attached hydrogen (secondary N) is 1. The van der Waals surface area contributed by atoms with E-state index < -0.39 is 0 Å². The fourth-order valence-corrected chi connectivity index (χ4v) is 3.94. The van der Waals surface area contributed by atoms with Crippen LogP contribution in [0, 0.1) is 5.92 Å². The molecule has 0 unspecified atom stereocenters. The summed E-state index contributed by atoms with van der Waals surface area (Å²) in [6, 6.07) is 15.8. The zero-order valence-corrected chi connectivity index (χ0v) is 19.2. The van der Waals surface area contributed by atoms with Gasteiger partial charge in [0, 0.05) is 37.9 Å². The first-order valence-corrected chi connectivity index (χ1v) is 11.4. The standard InChI is InChI=1S/C26H30N4O3/c1-3-19-4-10-23(11-5-19)33-26-24(27-14-15-28-26)30-16-12-21(13-17-30)25(31)29-18-20-6-8-22(32-2)9-7-20/h4-11,14-15,21H,3,12-13,16-18H2,1-2H3,(H,29,31). The van der Waals surface area contributed by atoms with Gasteiger partial charge in [-0.15, -0.1) is 0 Å². The normalized spacial score (nSPS) is 14.1. The van der Waals surface area contributed by atoms with Crippen molar-refractivity contribution in [1.29, 1.82) is 0 Å². The molecular weight excluding hydrogens is 416 g/mol. The van der Waals surface area contributed by atoms with E-state index >= 15 is 0 Å². The first kappa shape index (κ1) is 22.6. The van der Waals surface area contributed by atoms with Crippen molar-refractivity contribution in [2.75, 3.05) is 25.1 Å².